The predicted octanol–water partition coefficient (Wildman–Crippen LogP) is 4.05. The van der Waals surface area contributed by atoms with E-state index in [0.29, 0.717) is 18.8 Å². The zero-order valence-electron chi connectivity index (χ0n) is 19.5. The predicted molar refractivity (Wildman–Crippen MR) is 123 cm³/mol. The number of pyridine rings is 1. The van der Waals surface area contributed by atoms with Crippen molar-refractivity contribution in [3.05, 3.63) is 47.5 Å². The Morgan fingerprint density at radius 3 is 2.59 bits per heavy atom. The lowest BCUT2D eigenvalue weighted by atomic mass is 9.92. The zero-order valence-corrected chi connectivity index (χ0v) is 19.5. The number of carbonyl (C=O) groups excluding carboxylic acids is 2. The fraction of sp³-hybridized carbons (Fsp3) is 0.600. The molecule has 4 rings (SSSR count). The fourth-order valence-electron chi connectivity index (χ4n) is 4.81. The molecule has 0 saturated heterocycles. The lowest BCUT2D eigenvalue weighted by molar-refractivity contribution is -0.134. The van der Waals surface area contributed by atoms with Crippen molar-refractivity contribution < 1.29 is 9.59 Å². The van der Waals surface area contributed by atoms with Crippen molar-refractivity contribution in [1.29, 1.82) is 0 Å². The van der Waals surface area contributed by atoms with Crippen LogP contribution in [0.25, 0.3) is 0 Å². The van der Waals surface area contributed by atoms with Crippen LogP contribution in [0.5, 0.6) is 0 Å². The van der Waals surface area contributed by atoms with Gasteiger partial charge in [0.05, 0.1) is 12.2 Å². The molecule has 1 fully saturated rings. The van der Waals surface area contributed by atoms with Gasteiger partial charge in [-0.25, -0.2) is 0 Å². The van der Waals surface area contributed by atoms with Crippen LogP contribution in [0, 0.1) is 0 Å². The molecule has 0 bridgehead atoms. The van der Waals surface area contributed by atoms with Gasteiger partial charge in [0.25, 0.3) is 5.91 Å². The average molecular weight is 438 g/mol. The second kappa shape index (κ2) is 9.43. The van der Waals surface area contributed by atoms with E-state index in [-0.39, 0.29) is 23.8 Å². The third-order valence-electron chi connectivity index (χ3n) is 6.90. The topological polar surface area (TPSA) is 80.1 Å². The van der Waals surface area contributed by atoms with E-state index in [0.717, 1.165) is 36.9 Å². The number of hydrogen-bond donors (Lipinski definition) is 1. The normalized spacial score (nSPS) is 22.4. The van der Waals surface area contributed by atoms with Crippen molar-refractivity contribution in [1.82, 2.24) is 25.0 Å². The maximum atomic E-state index is 13.7. The van der Waals surface area contributed by atoms with Gasteiger partial charge in [-0.2, -0.15) is 5.10 Å². The number of nitrogens with zero attached hydrogens (tertiary/aromatic N) is 4. The van der Waals surface area contributed by atoms with Crippen LogP contribution in [-0.4, -0.2) is 43.1 Å². The first kappa shape index (κ1) is 22.5. The summed E-state index contributed by atoms with van der Waals surface area (Å²) < 4.78 is 1.73. The first-order valence-electron chi connectivity index (χ1n) is 12.0. The van der Waals surface area contributed by atoms with E-state index in [1.54, 1.807) is 22.0 Å². The molecule has 0 aromatic carbocycles. The van der Waals surface area contributed by atoms with E-state index >= 15 is 0 Å². The second-order valence-corrected chi connectivity index (χ2v) is 9.81. The molecular formula is C25H35N5O2. The number of hydrogen-bond acceptors (Lipinski definition) is 4. The quantitative estimate of drug-likeness (QED) is 0.765. The fourth-order valence-corrected chi connectivity index (χ4v) is 4.81. The minimum Gasteiger partial charge on any atom is -0.351 e. The van der Waals surface area contributed by atoms with Gasteiger partial charge < -0.3 is 10.2 Å². The molecule has 1 unspecified atom stereocenters. The summed E-state index contributed by atoms with van der Waals surface area (Å²) in [5.74, 6) is -0.0370. The molecule has 1 aliphatic heterocycles. The third kappa shape index (κ3) is 4.57. The molecule has 1 aliphatic carbocycles. The summed E-state index contributed by atoms with van der Waals surface area (Å²) in [5, 5.41) is 7.98. The van der Waals surface area contributed by atoms with E-state index in [2.05, 4.69) is 29.2 Å². The Labute approximate surface area is 190 Å². The van der Waals surface area contributed by atoms with Gasteiger partial charge in [0.15, 0.2) is 0 Å². The summed E-state index contributed by atoms with van der Waals surface area (Å²) in [6, 6.07) is 5.84. The van der Waals surface area contributed by atoms with Crippen molar-refractivity contribution in [2.45, 2.75) is 96.3 Å². The molecule has 2 aromatic heterocycles. The number of nitrogens with one attached hydrogen (secondary N) is 1. The van der Waals surface area contributed by atoms with Crippen molar-refractivity contribution >= 4 is 11.8 Å². The van der Waals surface area contributed by atoms with Crippen molar-refractivity contribution in [3.8, 4) is 0 Å². The summed E-state index contributed by atoms with van der Waals surface area (Å²) in [7, 11) is 0. The first-order chi connectivity index (χ1) is 15.4. The number of rotatable bonds is 5. The van der Waals surface area contributed by atoms with Gasteiger partial charge in [-0.3, -0.25) is 19.3 Å². The van der Waals surface area contributed by atoms with E-state index < -0.39 is 5.54 Å². The third-order valence-corrected chi connectivity index (χ3v) is 6.90. The lowest BCUT2D eigenvalue weighted by Crippen LogP contribution is -2.64. The van der Waals surface area contributed by atoms with Crippen LogP contribution in [0.4, 0.5) is 0 Å². The summed E-state index contributed by atoms with van der Waals surface area (Å²) in [6.45, 7) is 6.68. The molecule has 7 nitrogen and oxygen atoms in total. The largest absolute Gasteiger partial charge is 0.351 e. The van der Waals surface area contributed by atoms with Crippen LogP contribution in [0.1, 0.15) is 93.4 Å². The number of fused-ring (bicyclic) bond motifs is 1. The molecule has 2 aromatic rings. The highest BCUT2D eigenvalue weighted by molar-refractivity contribution is 5.99. The van der Waals surface area contributed by atoms with Gasteiger partial charge in [-0.1, -0.05) is 52.0 Å². The molecule has 7 heteroatoms. The van der Waals surface area contributed by atoms with Crippen molar-refractivity contribution in [3.63, 3.8) is 0 Å². The van der Waals surface area contributed by atoms with Gasteiger partial charge in [0, 0.05) is 25.0 Å². The Hall–Kier alpha value is -2.70. The molecule has 0 radical (unpaired) electrons. The molecule has 1 saturated carbocycles. The Bertz CT molecular complexity index is 946. The molecule has 2 aliphatic rings. The Morgan fingerprint density at radius 2 is 1.94 bits per heavy atom. The zero-order chi connectivity index (χ0) is 22.7. The molecule has 3 heterocycles. The van der Waals surface area contributed by atoms with Gasteiger partial charge in [0.2, 0.25) is 5.91 Å². The molecule has 0 spiro atoms. The minimum atomic E-state index is -1.03. The van der Waals surface area contributed by atoms with E-state index in [1.165, 1.54) is 19.3 Å². The lowest BCUT2D eigenvalue weighted by Gasteiger charge is -2.44. The van der Waals surface area contributed by atoms with E-state index in [4.69, 9.17) is 0 Å². The molecule has 172 valence electrons. The second-order valence-electron chi connectivity index (χ2n) is 9.81. The van der Waals surface area contributed by atoms with E-state index in [1.807, 2.05) is 25.1 Å². The summed E-state index contributed by atoms with van der Waals surface area (Å²) in [6.07, 6.45) is 11.5. The van der Waals surface area contributed by atoms with Gasteiger partial charge in [-0.05, 0) is 43.4 Å². The average Bonchev–Trinajstić information content (AvgIpc) is 3.18. The van der Waals surface area contributed by atoms with Crippen LogP contribution in [0.3, 0.4) is 0 Å². The van der Waals surface area contributed by atoms with Crippen LogP contribution in [-0.2, 0) is 17.9 Å². The summed E-state index contributed by atoms with van der Waals surface area (Å²) >= 11 is 0. The molecule has 32 heavy (non-hydrogen) atoms. The molecule has 1 atom stereocenters. The summed E-state index contributed by atoms with van der Waals surface area (Å²) in [4.78, 5) is 33.3. The first-order valence-corrected chi connectivity index (χ1v) is 12.0. The maximum Gasteiger partial charge on any atom is 0.273 e. The van der Waals surface area contributed by atoms with E-state index in [9.17, 15) is 9.59 Å². The number of carbonyl (C=O) groups is 2. The van der Waals surface area contributed by atoms with Gasteiger partial charge >= 0.3 is 0 Å². The Balaban J connectivity index is 1.64. The number of aromatic nitrogens is 3. The Kier molecular flexibility index (Phi) is 6.63. The highest BCUT2D eigenvalue weighted by Gasteiger charge is 2.48. The SMILES string of the molecule is CC(C)c1cc2n(n1)CC(C)(C(=O)NC1CCCCCCC1)N(Cc1cccnc1)C2=O. The number of amides is 2. The van der Waals surface area contributed by atoms with Crippen molar-refractivity contribution in [2.75, 3.05) is 0 Å². The minimum absolute atomic E-state index is 0.0902. The van der Waals surface area contributed by atoms with Crippen LogP contribution >= 0.6 is 0 Å². The molecule has 2 amide bonds. The Morgan fingerprint density at radius 1 is 1.22 bits per heavy atom. The van der Waals surface area contributed by atoms with Crippen LogP contribution < -0.4 is 5.32 Å². The highest BCUT2D eigenvalue weighted by atomic mass is 16.2. The maximum absolute atomic E-state index is 13.7. The molecule has 1 N–H and O–H groups in total. The van der Waals surface area contributed by atoms with Crippen LogP contribution in [0.2, 0.25) is 0 Å². The smallest absolute Gasteiger partial charge is 0.273 e. The van der Waals surface area contributed by atoms with Gasteiger partial charge in [-0.15, -0.1) is 0 Å². The monoisotopic (exact) mass is 437 g/mol. The van der Waals surface area contributed by atoms with Gasteiger partial charge in [0.1, 0.15) is 11.2 Å². The molecular weight excluding hydrogens is 402 g/mol. The standard InChI is InChI=1S/C25H35N5O2/c1-18(2)21-14-22-23(31)29(16-19-10-9-13-26-15-19)25(3,17-30(22)28-21)24(32)27-20-11-7-5-4-6-8-12-20/h9-10,13-15,18,20H,4-8,11-12,16-17H2,1-3H3,(H,27,32). The van der Waals surface area contributed by atoms with Crippen molar-refractivity contribution in [2.24, 2.45) is 0 Å². The van der Waals surface area contributed by atoms with Crippen LogP contribution in [0.15, 0.2) is 30.6 Å². The highest BCUT2D eigenvalue weighted by Crippen LogP contribution is 2.31. The summed E-state index contributed by atoms with van der Waals surface area (Å²) in [5.41, 5.74) is 1.30.